The van der Waals surface area contributed by atoms with Crippen molar-refractivity contribution >= 4 is 23.2 Å². The zero-order valence-electron chi connectivity index (χ0n) is 15.9. The number of nitrogens with one attached hydrogen (secondary N) is 1. The van der Waals surface area contributed by atoms with Crippen molar-refractivity contribution in [1.82, 2.24) is 0 Å². The molecule has 0 bridgehead atoms. The van der Waals surface area contributed by atoms with Crippen LogP contribution in [-0.4, -0.2) is 24.5 Å². The predicted octanol–water partition coefficient (Wildman–Crippen LogP) is 4.17. The Kier molecular flexibility index (Phi) is 6.12. The van der Waals surface area contributed by atoms with Gasteiger partial charge in [0.15, 0.2) is 6.10 Å². The van der Waals surface area contributed by atoms with Gasteiger partial charge in [0.1, 0.15) is 5.75 Å². The van der Waals surface area contributed by atoms with E-state index in [0.717, 1.165) is 12.1 Å². The Morgan fingerprint density at radius 2 is 1.89 bits per heavy atom. The van der Waals surface area contributed by atoms with Gasteiger partial charge in [0.2, 0.25) is 5.91 Å². The van der Waals surface area contributed by atoms with Crippen LogP contribution in [0, 0.1) is 0 Å². The first kappa shape index (κ1) is 19.0. The molecule has 3 rings (SSSR count). The topological polar surface area (TPSA) is 58.6 Å². The molecule has 2 aromatic rings. The van der Waals surface area contributed by atoms with E-state index in [1.54, 1.807) is 11.8 Å². The quantitative estimate of drug-likeness (QED) is 0.800. The molecule has 1 heterocycles. The van der Waals surface area contributed by atoms with Gasteiger partial charge in [-0.3, -0.25) is 9.59 Å². The summed E-state index contributed by atoms with van der Waals surface area (Å²) in [6.07, 6.45) is 3.07. The number of hydrogen-bond acceptors (Lipinski definition) is 3. The SMILES string of the molecule is CCCCc1ccc(NC(=O)CCN2C(=O)C(C)Oc3ccccc32)cc1. The van der Waals surface area contributed by atoms with Crippen molar-refractivity contribution < 1.29 is 14.3 Å². The number of fused-ring (bicyclic) bond motifs is 1. The average Bonchev–Trinajstić information content (AvgIpc) is 2.68. The summed E-state index contributed by atoms with van der Waals surface area (Å²) >= 11 is 0. The molecule has 1 atom stereocenters. The van der Waals surface area contributed by atoms with Gasteiger partial charge in [-0.05, 0) is 49.6 Å². The van der Waals surface area contributed by atoms with E-state index in [0.29, 0.717) is 18.0 Å². The number of aryl methyl sites for hydroxylation is 1. The van der Waals surface area contributed by atoms with Crippen LogP contribution in [0.2, 0.25) is 0 Å². The highest BCUT2D eigenvalue weighted by atomic mass is 16.5. The van der Waals surface area contributed by atoms with Gasteiger partial charge in [0.25, 0.3) is 5.91 Å². The lowest BCUT2D eigenvalue weighted by Crippen LogP contribution is -2.45. The average molecular weight is 366 g/mol. The van der Waals surface area contributed by atoms with Crippen LogP contribution < -0.4 is 15.0 Å². The molecule has 5 nitrogen and oxygen atoms in total. The summed E-state index contributed by atoms with van der Waals surface area (Å²) in [6.45, 7) is 4.22. The second kappa shape index (κ2) is 8.71. The molecular formula is C22H26N2O3. The zero-order valence-corrected chi connectivity index (χ0v) is 15.9. The van der Waals surface area contributed by atoms with E-state index in [1.165, 1.54) is 18.4 Å². The van der Waals surface area contributed by atoms with E-state index in [1.807, 2.05) is 36.4 Å². The lowest BCUT2D eigenvalue weighted by Gasteiger charge is -2.32. The molecule has 1 unspecified atom stereocenters. The molecule has 1 N–H and O–H groups in total. The van der Waals surface area contributed by atoms with E-state index in [4.69, 9.17) is 4.74 Å². The minimum absolute atomic E-state index is 0.110. The smallest absolute Gasteiger partial charge is 0.267 e. The Balaban J connectivity index is 1.58. The van der Waals surface area contributed by atoms with Gasteiger partial charge < -0.3 is 15.0 Å². The van der Waals surface area contributed by atoms with Crippen LogP contribution in [-0.2, 0) is 16.0 Å². The Labute approximate surface area is 160 Å². The highest BCUT2D eigenvalue weighted by molar-refractivity contribution is 6.00. The molecule has 2 amide bonds. The molecule has 0 fully saturated rings. The van der Waals surface area contributed by atoms with E-state index >= 15 is 0 Å². The van der Waals surface area contributed by atoms with Gasteiger partial charge >= 0.3 is 0 Å². The highest BCUT2D eigenvalue weighted by Crippen LogP contribution is 2.33. The number of unbranched alkanes of at least 4 members (excludes halogenated alkanes) is 1. The zero-order chi connectivity index (χ0) is 19.2. The van der Waals surface area contributed by atoms with Gasteiger partial charge in [0.05, 0.1) is 5.69 Å². The third-order valence-electron chi connectivity index (χ3n) is 4.69. The Hall–Kier alpha value is -2.82. The first-order chi connectivity index (χ1) is 13.1. The maximum Gasteiger partial charge on any atom is 0.267 e. The monoisotopic (exact) mass is 366 g/mol. The third-order valence-corrected chi connectivity index (χ3v) is 4.69. The van der Waals surface area contributed by atoms with Crippen molar-refractivity contribution in [3.05, 3.63) is 54.1 Å². The molecule has 0 spiro atoms. The lowest BCUT2D eigenvalue weighted by atomic mass is 10.1. The number of nitrogens with zero attached hydrogens (tertiary/aromatic N) is 1. The fraction of sp³-hybridized carbons (Fsp3) is 0.364. The Morgan fingerprint density at radius 3 is 2.63 bits per heavy atom. The molecule has 27 heavy (non-hydrogen) atoms. The standard InChI is InChI=1S/C22H26N2O3/c1-3-4-7-17-10-12-18(13-11-17)23-21(25)14-15-24-19-8-5-6-9-20(19)27-16(2)22(24)26/h5-6,8-13,16H,3-4,7,14-15H2,1-2H3,(H,23,25). The molecule has 0 aromatic heterocycles. The Bertz CT molecular complexity index is 801. The van der Waals surface area contributed by atoms with Crippen molar-refractivity contribution in [2.45, 2.75) is 45.6 Å². The molecule has 0 aliphatic carbocycles. The number of ether oxygens (including phenoxy) is 1. The van der Waals surface area contributed by atoms with Crippen LogP contribution in [0.25, 0.3) is 0 Å². The molecule has 0 saturated carbocycles. The van der Waals surface area contributed by atoms with Crippen molar-refractivity contribution in [3.8, 4) is 5.75 Å². The number of amides is 2. The second-order valence-electron chi connectivity index (χ2n) is 6.82. The molecule has 1 aliphatic heterocycles. The van der Waals surface area contributed by atoms with Crippen LogP contribution in [0.1, 0.15) is 38.7 Å². The number of rotatable bonds is 7. The van der Waals surface area contributed by atoms with Crippen LogP contribution in [0.3, 0.4) is 0 Å². The predicted molar refractivity (Wildman–Crippen MR) is 107 cm³/mol. The third kappa shape index (κ3) is 4.67. The van der Waals surface area contributed by atoms with E-state index in [-0.39, 0.29) is 18.2 Å². The summed E-state index contributed by atoms with van der Waals surface area (Å²) < 4.78 is 5.62. The van der Waals surface area contributed by atoms with Crippen LogP contribution in [0.15, 0.2) is 48.5 Å². The number of hydrogen-bond donors (Lipinski definition) is 1. The maximum atomic E-state index is 12.5. The number of carbonyl (C=O) groups excluding carboxylic acids is 2. The van der Waals surface area contributed by atoms with Crippen LogP contribution >= 0.6 is 0 Å². The summed E-state index contributed by atoms with van der Waals surface area (Å²) in [5.41, 5.74) is 2.77. The van der Waals surface area contributed by atoms with Gasteiger partial charge in [-0.15, -0.1) is 0 Å². The maximum absolute atomic E-state index is 12.5. The normalized spacial score (nSPS) is 15.9. The number of carbonyl (C=O) groups is 2. The molecule has 142 valence electrons. The van der Waals surface area contributed by atoms with Crippen LogP contribution in [0.5, 0.6) is 5.75 Å². The molecule has 2 aromatic carbocycles. The van der Waals surface area contributed by atoms with Crippen molar-refractivity contribution in [2.75, 3.05) is 16.8 Å². The first-order valence-electron chi connectivity index (χ1n) is 9.54. The van der Waals surface area contributed by atoms with Gasteiger partial charge in [0, 0.05) is 18.7 Å². The van der Waals surface area contributed by atoms with Crippen LogP contribution in [0.4, 0.5) is 11.4 Å². The number of para-hydroxylation sites is 2. The number of anilines is 2. The molecule has 0 saturated heterocycles. The summed E-state index contributed by atoms with van der Waals surface area (Å²) in [7, 11) is 0. The minimum atomic E-state index is -0.543. The second-order valence-corrected chi connectivity index (χ2v) is 6.82. The highest BCUT2D eigenvalue weighted by Gasteiger charge is 2.31. The Morgan fingerprint density at radius 1 is 1.15 bits per heavy atom. The summed E-state index contributed by atoms with van der Waals surface area (Å²) in [6, 6.07) is 15.4. The fourth-order valence-electron chi connectivity index (χ4n) is 3.16. The van der Waals surface area contributed by atoms with Gasteiger partial charge in [-0.2, -0.15) is 0 Å². The molecule has 0 radical (unpaired) electrons. The number of benzene rings is 2. The fourth-order valence-corrected chi connectivity index (χ4v) is 3.16. The first-order valence-corrected chi connectivity index (χ1v) is 9.54. The van der Waals surface area contributed by atoms with E-state index in [2.05, 4.69) is 24.4 Å². The van der Waals surface area contributed by atoms with Crippen molar-refractivity contribution in [3.63, 3.8) is 0 Å². The molecular weight excluding hydrogens is 340 g/mol. The van der Waals surface area contributed by atoms with E-state index < -0.39 is 6.10 Å². The van der Waals surface area contributed by atoms with Crippen molar-refractivity contribution in [2.24, 2.45) is 0 Å². The lowest BCUT2D eigenvalue weighted by molar-refractivity contribution is -0.125. The largest absolute Gasteiger partial charge is 0.479 e. The molecule has 1 aliphatic rings. The van der Waals surface area contributed by atoms with Gasteiger partial charge in [-0.25, -0.2) is 0 Å². The summed E-state index contributed by atoms with van der Waals surface area (Å²) in [5.74, 6) is 0.440. The van der Waals surface area contributed by atoms with Crippen molar-refractivity contribution in [1.29, 1.82) is 0 Å². The minimum Gasteiger partial charge on any atom is -0.479 e. The molecule has 5 heteroatoms. The summed E-state index contributed by atoms with van der Waals surface area (Å²) in [4.78, 5) is 26.4. The summed E-state index contributed by atoms with van der Waals surface area (Å²) in [5, 5.41) is 2.91. The van der Waals surface area contributed by atoms with E-state index in [9.17, 15) is 9.59 Å². The van der Waals surface area contributed by atoms with Gasteiger partial charge in [-0.1, -0.05) is 37.6 Å².